The van der Waals surface area contributed by atoms with Crippen LogP contribution >= 0.6 is 11.8 Å². The van der Waals surface area contributed by atoms with Crippen LogP contribution in [0.2, 0.25) is 0 Å². The van der Waals surface area contributed by atoms with Crippen molar-refractivity contribution in [1.82, 2.24) is 0 Å². The molecular formula is C15H21NOS. The number of rotatable bonds is 4. The molecule has 1 aliphatic rings. The van der Waals surface area contributed by atoms with Gasteiger partial charge in [-0.15, -0.1) is 11.8 Å². The van der Waals surface area contributed by atoms with Crippen LogP contribution in [0.3, 0.4) is 0 Å². The molecule has 1 aromatic rings. The molecule has 0 radical (unpaired) electrons. The second-order valence-electron chi connectivity index (χ2n) is 4.90. The summed E-state index contributed by atoms with van der Waals surface area (Å²) in [6.07, 6.45) is 3.32. The van der Waals surface area contributed by atoms with Crippen LogP contribution in [0, 0.1) is 5.92 Å². The van der Waals surface area contributed by atoms with Crippen LogP contribution < -0.4 is 5.73 Å². The van der Waals surface area contributed by atoms with Gasteiger partial charge < -0.3 is 5.73 Å². The van der Waals surface area contributed by atoms with Crippen molar-refractivity contribution < 1.29 is 4.79 Å². The second-order valence-corrected chi connectivity index (χ2v) is 6.24. The van der Waals surface area contributed by atoms with E-state index in [1.165, 1.54) is 10.5 Å². The molecule has 0 aliphatic heterocycles. The van der Waals surface area contributed by atoms with Crippen LogP contribution in [-0.4, -0.2) is 11.5 Å². The van der Waals surface area contributed by atoms with Crippen molar-refractivity contribution in [3.8, 4) is 0 Å². The van der Waals surface area contributed by atoms with Gasteiger partial charge in [-0.05, 0) is 42.2 Å². The van der Waals surface area contributed by atoms with Gasteiger partial charge in [-0.1, -0.05) is 19.1 Å². The first-order valence-corrected chi connectivity index (χ1v) is 7.69. The van der Waals surface area contributed by atoms with Gasteiger partial charge in [0.15, 0.2) is 0 Å². The molecule has 0 bridgehead atoms. The van der Waals surface area contributed by atoms with Gasteiger partial charge in [0.25, 0.3) is 0 Å². The Morgan fingerprint density at radius 2 is 1.89 bits per heavy atom. The fraction of sp³-hybridized carbons (Fsp3) is 0.533. The van der Waals surface area contributed by atoms with Crippen molar-refractivity contribution in [3.63, 3.8) is 0 Å². The SMILES string of the molecule is CCSc1ccc(C(N)C2CCC(=O)CC2)cc1. The highest BCUT2D eigenvalue weighted by atomic mass is 32.2. The van der Waals surface area contributed by atoms with Crippen molar-refractivity contribution in [2.75, 3.05) is 5.75 Å². The van der Waals surface area contributed by atoms with E-state index in [0.717, 1.165) is 18.6 Å². The minimum Gasteiger partial charge on any atom is -0.324 e. The summed E-state index contributed by atoms with van der Waals surface area (Å²) < 4.78 is 0. The number of carbonyl (C=O) groups excluding carboxylic acids is 1. The van der Waals surface area contributed by atoms with Gasteiger partial charge in [0.1, 0.15) is 5.78 Å². The van der Waals surface area contributed by atoms with Gasteiger partial charge in [0.05, 0.1) is 0 Å². The predicted molar refractivity (Wildman–Crippen MR) is 76.7 cm³/mol. The van der Waals surface area contributed by atoms with E-state index in [1.54, 1.807) is 0 Å². The Bertz CT molecular complexity index is 391. The highest BCUT2D eigenvalue weighted by Crippen LogP contribution is 2.32. The van der Waals surface area contributed by atoms with E-state index >= 15 is 0 Å². The molecular weight excluding hydrogens is 242 g/mol. The van der Waals surface area contributed by atoms with Crippen molar-refractivity contribution in [1.29, 1.82) is 0 Å². The Kier molecular flexibility index (Phi) is 4.84. The summed E-state index contributed by atoms with van der Waals surface area (Å²) in [6, 6.07) is 8.66. The van der Waals surface area contributed by atoms with Crippen molar-refractivity contribution in [2.45, 2.75) is 43.5 Å². The minimum absolute atomic E-state index is 0.0822. The second kappa shape index (κ2) is 6.39. The van der Waals surface area contributed by atoms with E-state index in [4.69, 9.17) is 5.73 Å². The number of hydrogen-bond acceptors (Lipinski definition) is 3. The molecule has 1 saturated carbocycles. The van der Waals surface area contributed by atoms with Crippen molar-refractivity contribution in [2.24, 2.45) is 11.7 Å². The Balaban J connectivity index is 1.99. The molecule has 2 nitrogen and oxygen atoms in total. The molecule has 18 heavy (non-hydrogen) atoms. The van der Waals surface area contributed by atoms with Crippen molar-refractivity contribution >= 4 is 17.5 Å². The number of nitrogens with two attached hydrogens (primary N) is 1. The number of hydrogen-bond donors (Lipinski definition) is 1. The standard InChI is InChI=1S/C15H21NOS/c1-2-18-14-9-5-12(6-10-14)15(16)11-3-7-13(17)8-4-11/h5-6,9-11,15H,2-4,7-8,16H2,1H3. The third-order valence-corrected chi connectivity index (χ3v) is 4.57. The lowest BCUT2D eigenvalue weighted by Gasteiger charge is -2.27. The van der Waals surface area contributed by atoms with Crippen molar-refractivity contribution in [3.05, 3.63) is 29.8 Å². The van der Waals surface area contributed by atoms with Crippen LogP contribution in [0.4, 0.5) is 0 Å². The highest BCUT2D eigenvalue weighted by Gasteiger charge is 2.24. The van der Waals surface area contributed by atoms with Crippen LogP contribution in [0.5, 0.6) is 0 Å². The zero-order valence-corrected chi connectivity index (χ0v) is 11.7. The maximum absolute atomic E-state index is 11.2. The zero-order chi connectivity index (χ0) is 13.0. The molecule has 1 unspecified atom stereocenters. The molecule has 1 aromatic carbocycles. The van der Waals surface area contributed by atoms with E-state index in [1.807, 2.05) is 11.8 Å². The molecule has 2 N–H and O–H groups in total. The lowest BCUT2D eigenvalue weighted by molar-refractivity contribution is -0.121. The molecule has 0 spiro atoms. The molecule has 3 heteroatoms. The van der Waals surface area contributed by atoms with Gasteiger partial charge in [0, 0.05) is 23.8 Å². The Morgan fingerprint density at radius 3 is 2.44 bits per heavy atom. The molecule has 1 atom stereocenters. The highest BCUT2D eigenvalue weighted by molar-refractivity contribution is 7.99. The molecule has 1 fully saturated rings. The summed E-state index contributed by atoms with van der Waals surface area (Å²) in [5, 5.41) is 0. The van der Waals surface area contributed by atoms with Crippen LogP contribution in [-0.2, 0) is 4.79 Å². The molecule has 0 heterocycles. The maximum Gasteiger partial charge on any atom is 0.132 e. The first kappa shape index (κ1) is 13.6. The number of thioether (sulfide) groups is 1. The predicted octanol–water partition coefficient (Wildman–Crippen LogP) is 3.56. The lowest BCUT2D eigenvalue weighted by Crippen LogP contribution is -2.26. The van der Waals surface area contributed by atoms with Gasteiger partial charge in [-0.25, -0.2) is 0 Å². The largest absolute Gasteiger partial charge is 0.324 e. The lowest BCUT2D eigenvalue weighted by atomic mass is 9.81. The monoisotopic (exact) mass is 263 g/mol. The summed E-state index contributed by atoms with van der Waals surface area (Å²) in [5.74, 6) is 1.95. The van der Waals surface area contributed by atoms with E-state index in [0.29, 0.717) is 24.5 Å². The summed E-state index contributed by atoms with van der Waals surface area (Å²) in [6.45, 7) is 2.16. The smallest absolute Gasteiger partial charge is 0.132 e. The third-order valence-electron chi connectivity index (χ3n) is 3.67. The Labute approximate surface area is 113 Å². The third kappa shape index (κ3) is 3.36. The van der Waals surface area contributed by atoms with Crippen LogP contribution in [0.25, 0.3) is 0 Å². The molecule has 1 aliphatic carbocycles. The summed E-state index contributed by atoms with van der Waals surface area (Å²) in [4.78, 5) is 12.5. The van der Waals surface area contributed by atoms with E-state index in [9.17, 15) is 4.79 Å². The molecule has 0 amide bonds. The Hall–Kier alpha value is -0.800. The van der Waals surface area contributed by atoms with E-state index in [2.05, 4.69) is 31.2 Å². The van der Waals surface area contributed by atoms with Gasteiger partial charge >= 0.3 is 0 Å². The average molecular weight is 263 g/mol. The van der Waals surface area contributed by atoms with Crippen LogP contribution in [0.1, 0.15) is 44.2 Å². The zero-order valence-electron chi connectivity index (χ0n) is 10.9. The topological polar surface area (TPSA) is 43.1 Å². The fourth-order valence-electron chi connectivity index (χ4n) is 2.55. The normalized spacial score (nSPS) is 18.9. The van der Waals surface area contributed by atoms with Gasteiger partial charge in [-0.3, -0.25) is 4.79 Å². The molecule has 0 aromatic heterocycles. The van der Waals surface area contributed by atoms with Gasteiger partial charge in [-0.2, -0.15) is 0 Å². The fourth-order valence-corrected chi connectivity index (χ4v) is 3.21. The summed E-state index contributed by atoms with van der Waals surface area (Å²) in [7, 11) is 0. The number of Topliss-reactive ketones (excluding diaryl/α,β-unsaturated/α-hetero) is 1. The first-order valence-electron chi connectivity index (χ1n) is 6.70. The van der Waals surface area contributed by atoms with E-state index in [-0.39, 0.29) is 6.04 Å². The van der Waals surface area contributed by atoms with E-state index < -0.39 is 0 Å². The summed E-state index contributed by atoms with van der Waals surface area (Å²) in [5.41, 5.74) is 7.52. The maximum atomic E-state index is 11.2. The van der Waals surface area contributed by atoms with Gasteiger partial charge in [0.2, 0.25) is 0 Å². The Morgan fingerprint density at radius 1 is 1.28 bits per heavy atom. The molecule has 0 saturated heterocycles. The van der Waals surface area contributed by atoms with Crippen LogP contribution in [0.15, 0.2) is 29.2 Å². The quantitative estimate of drug-likeness (QED) is 0.845. The molecule has 98 valence electrons. The molecule has 2 rings (SSSR count). The minimum atomic E-state index is 0.0822. The number of ketones is 1. The number of carbonyl (C=O) groups is 1. The summed E-state index contributed by atoms with van der Waals surface area (Å²) >= 11 is 1.85. The first-order chi connectivity index (χ1) is 8.70. The average Bonchev–Trinajstić information content (AvgIpc) is 2.40. The number of benzene rings is 1.